The molecule has 0 radical (unpaired) electrons. The molecule has 0 saturated heterocycles. The van der Waals surface area contributed by atoms with Crippen molar-refractivity contribution in [1.29, 1.82) is 0 Å². The van der Waals surface area contributed by atoms with Crippen LogP contribution in [0.25, 0.3) is 0 Å². The second kappa shape index (κ2) is 8.14. The van der Waals surface area contributed by atoms with Crippen LogP contribution in [0.2, 0.25) is 0 Å². The molecule has 3 rings (SSSR count). The van der Waals surface area contributed by atoms with Gasteiger partial charge in [-0.3, -0.25) is 0 Å². The Kier molecular flexibility index (Phi) is 5.67. The van der Waals surface area contributed by atoms with E-state index in [0.29, 0.717) is 0 Å². The first-order chi connectivity index (χ1) is 11.3. The fourth-order valence-corrected chi connectivity index (χ4v) is 3.82. The number of hydrogen-bond acceptors (Lipinski definition) is 3. The molecule has 3 heteroatoms. The molecule has 23 heavy (non-hydrogen) atoms. The number of hydrogen-bond donors (Lipinski definition) is 1. The van der Waals surface area contributed by atoms with Gasteiger partial charge in [-0.15, -0.1) is 24.4 Å². The van der Waals surface area contributed by atoms with Crippen LogP contribution in [0.5, 0.6) is 0 Å². The van der Waals surface area contributed by atoms with E-state index < -0.39 is 0 Å². The van der Waals surface area contributed by atoms with Gasteiger partial charge in [0.15, 0.2) is 0 Å². The molecule has 0 heterocycles. The van der Waals surface area contributed by atoms with E-state index >= 15 is 0 Å². The van der Waals surface area contributed by atoms with Gasteiger partial charge in [0.1, 0.15) is 4.71 Å². The average Bonchev–Trinajstić information content (AvgIpc) is 2.63. The van der Waals surface area contributed by atoms with Crippen molar-refractivity contribution in [3.05, 3.63) is 96.6 Å². The van der Waals surface area contributed by atoms with E-state index in [1.807, 2.05) is 30.0 Å². The van der Waals surface area contributed by atoms with E-state index in [4.69, 9.17) is 12.6 Å². The summed E-state index contributed by atoms with van der Waals surface area (Å²) >= 11 is 6.68. The zero-order valence-corrected chi connectivity index (χ0v) is 14.5. The highest BCUT2D eigenvalue weighted by Crippen LogP contribution is 2.34. The minimum atomic E-state index is 0.0417. The fraction of sp³-hybridized carbons (Fsp3) is 0.100. The maximum atomic E-state index is 4.87. The van der Waals surface area contributed by atoms with Crippen molar-refractivity contribution in [3.63, 3.8) is 0 Å². The SMILES string of the molecule is SC(SCc1ccccc1)N(c1ccccc1)c1ccccc1. The highest BCUT2D eigenvalue weighted by Gasteiger charge is 2.17. The quantitative estimate of drug-likeness (QED) is 0.436. The van der Waals surface area contributed by atoms with Gasteiger partial charge >= 0.3 is 0 Å². The maximum Gasteiger partial charge on any atom is 0.124 e. The van der Waals surface area contributed by atoms with Crippen LogP contribution in [0.4, 0.5) is 11.4 Å². The largest absolute Gasteiger partial charge is 0.320 e. The van der Waals surface area contributed by atoms with Crippen LogP contribution in [0.3, 0.4) is 0 Å². The lowest BCUT2D eigenvalue weighted by Gasteiger charge is -2.30. The third kappa shape index (κ3) is 4.34. The number of anilines is 2. The van der Waals surface area contributed by atoms with E-state index in [9.17, 15) is 0 Å². The Morgan fingerprint density at radius 1 is 0.696 bits per heavy atom. The van der Waals surface area contributed by atoms with Crippen molar-refractivity contribution >= 4 is 35.8 Å². The summed E-state index contributed by atoms with van der Waals surface area (Å²) in [4.78, 5) is 2.26. The third-order valence-corrected chi connectivity index (χ3v) is 5.22. The summed E-state index contributed by atoms with van der Waals surface area (Å²) in [6, 6.07) is 31.3. The molecule has 0 fully saturated rings. The Morgan fingerprint density at radius 2 is 1.13 bits per heavy atom. The van der Waals surface area contributed by atoms with Crippen molar-refractivity contribution in [2.24, 2.45) is 0 Å². The molecule has 0 aliphatic rings. The lowest BCUT2D eigenvalue weighted by Crippen LogP contribution is -2.23. The van der Waals surface area contributed by atoms with E-state index in [1.54, 1.807) is 0 Å². The normalized spacial score (nSPS) is 11.9. The predicted molar refractivity (Wildman–Crippen MR) is 106 cm³/mol. The lowest BCUT2D eigenvalue weighted by atomic mass is 10.2. The van der Waals surface area contributed by atoms with Crippen molar-refractivity contribution in [1.82, 2.24) is 0 Å². The lowest BCUT2D eigenvalue weighted by molar-refractivity contribution is 1.12. The first-order valence-corrected chi connectivity index (χ1v) is 9.14. The van der Waals surface area contributed by atoms with Gasteiger partial charge in [0, 0.05) is 17.1 Å². The predicted octanol–water partition coefficient (Wildman–Crippen LogP) is 5.97. The fourth-order valence-electron chi connectivity index (χ4n) is 2.40. The Bertz CT molecular complexity index is 662. The molecule has 0 N–H and O–H groups in total. The summed E-state index contributed by atoms with van der Waals surface area (Å²) in [5.74, 6) is 0.936. The van der Waals surface area contributed by atoms with Crippen LogP contribution in [0, 0.1) is 0 Å². The number of para-hydroxylation sites is 2. The first-order valence-electron chi connectivity index (χ1n) is 7.57. The van der Waals surface area contributed by atoms with Gasteiger partial charge in [0.25, 0.3) is 0 Å². The number of thioether (sulfide) groups is 1. The minimum Gasteiger partial charge on any atom is -0.320 e. The second-order valence-corrected chi connectivity index (χ2v) is 7.07. The van der Waals surface area contributed by atoms with Gasteiger partial charge in [-0.1, -0.05) is 66.7 Å². The van der Waals surface area contributed by atoms with Crippen molar-refractivity contribution < 1.29 is 0 Å². The first kappa shape index (κ1) is 16.0. The van der Waals surface area contributed by atoms with Gasteiger partial charge in [0.2, 0.25) is 0 Å². The summed E-state index contributed by atoms with van der Waals surface area (Å²) in [6.07, 6.45) is 0. The zero-order valence-electron chi connectivity index (χ0n) is 12.7. The molecule has 0 amide bonds. The Balaban J connectivity index is 1.80. The Morgan fingerprint density at radius 3 is 1.61 bits per heavy atom. The van der Waals surface area contributed by atoms with Crippen molar-refractivity contribution in [2.75, 3.05) is 4.90 Å². The van der Waals surface area contributed by atoms with E-state index in [2.05, 4.69) is 77.7 Å². The van der Waals surface area contributed by atoms with Crippen LogP contribution in [-0.4, -0.2) is 4.71 Å². The van der Waals surface area contributed by atoms with E-state index in [0.717, 1.165) is 17.1 Å². The smallest absolute Gasteiger partial charge is 0.124 e. The molecule has 0 spiro atoms. The Hall–Kier alpha value is -1.84. The van der Waals surface area contributed by atoms with E-state index in [-0.39, 0.29) is 4.71 Å². The molecule has 0 aliphatic heterocycles. The van der Waals surface area contributed by atoms with Crippen LogP contribution in [0.1, 0.15) is 5.56 Å². The van der Waals surface area contributed by atoms with Crippen LogP contribution >= 0.6 is 24.4 Å². The minimum absolute atomic E-state index is 0.0417. The molecule has 1 atom stereocenters. The van der Waals surface area contributed by atoms with E-state index in [1.165, 1.54) is 5.56 Å². The number of nitrogens with zero attached hydrogens (tertiary/aromatic N) is 1. The summed E-state index contributed by atoms with van der Waals surface area (Å²) in [6.45, 7) is 0. The topological polar surface area (TPSA) is 3.24 Å². The Labute approximate surface area is 147 Å². The molecule has 1 unspecified atom stereocenters. The highest BCUT2D eigenvalue weighted by atomic mass is 32.2. The molecule has 0 aromatic heterocycles. The number of rotatable bonds is 6. The molecular weight excluding hydrogens is 318 g/mol. The van der Waals surface area contributed by atoms with Crippen molar-refractivity contribution in [2.45, 2.75) is 10.5 Å². The molecule has 0 aliphatic carbocycles. The molecule has 3 aromatic rings. The molecule has 0 bridgehead atoms. The molecule has 1 nitrogen and oxygen atoms in total. The van der Waals surface area contributed by atoms with Gasteiger partial charge in [-0.25, -0.2) is 0 Å². The molecule has 0 saturated carbocycles. The second-order valence-electron chi connectivity index (χ2n) is 5.16. The average molecular weight is 338 g/mol. The van der Waals surface area contributed by atoms with Crippen LogP contribution < -0.4 is 4.90 Å². The summed E-state index contributed by atoms with van der Waals surface area (Å²) in [7, 11) is 0. The summed E-state index contributed by atoms with van der Waals surface area (Å²) in [5, 5.41) is 0. The van der Waals surface area contributed by atoms with Gasteiger partial charge < -0.3 is 4.90 Å². The van der Waals surface area contributed by atoms with Gasteiger partial charge in [0.05, 0.1) is 0 Å². The molecule has 116 valence electrons. The van der Waals surface area contributed by atoms with Crippen molar-refractivity contribution in [3.8, 4) is 0 Å². The monoisotopic (exact) mass is 337 g/mol. The molecule has 3 aromatic carbocycles. The molecular formula is C20H19NS2. The summed E-state index contributed by atoms with van der Waals surface area (Å²) in [5.41, 5.74) is 3.62. The van der Waals surface area contributed by atoms with Gasteiger partial charge in [-0.05, 0) is 29.8 Å². The highest BCUT2D eigenvalue weighted by molar-refractivity contribution is 8.10. The van der Waals surface area contributed by atoms with Crippen LogP contribution in [0.15, 0.2) is 91.0 Å². The standard InChI is InChI=1S/C20H19NS2/c22-20(23-16-17-10-4-1-5-11-17)21(18-12-6-2-7-13-18)19-14-8-3-9-15-19/h1-15,20,22H,16H2. The maximum absolute atomic E-state index is 4.87. The zero-order chi connectivity index (χ0) is 15.9. The van der Waals surface area contributed by atoms with Crippen LogP contribution in [-0.2, 0) is 5.75 Å². The third-order valence-electron chi connectivity index (χ3n) is 3.53. The number of benzene rings is 3. The summed E-state index contributed by atoms with van der Waals surface area (Å²) < 4.78 is 0.0417. The number of thiol groups is 1. The van der Waals surface area contributed by atoms with Gasteiger partial charge in [-0.2, -0.15) is 0 Å².